The predicted molar refractivity (Wildman–Crippen MR) is 37.4 cm³/mol. The molecule has 0 aliphatic rings. The van der Waals surface area contributed by atoms with Gasteiger partial charge in [0.1, 0.15) is 5.82 Å². The quantitative estimate of drug-likeness (QED) is 0.477. The van der Waals surface area contributed by atoms with E-state index in [1.165, 1.54) is 18.2 Å². The van der Waals surface area contributed by atoms with Gasteiger partial charge in [-0.2, -0.15) is 0 Å². The maximum absolute atomic E-state index is 12.0. The van der Waals surface area contributed by atoms with E-state index in [9.17, 15) is 4.39 Å². The molecule has 0 fully saturated rings. The SMILES string of the molecule is Fc1[c]cc(Cl)cc1.[LiH]. The molecule has 0 aliphatic carbocycles. The van der Waals surface area contributed by atoms with Gasteiger partial charge in [0.2, 0.25) is 0 Å². The van der Waals surface area contributed by atoms with Gasteiger partial charge in [-0.15, -0.1) is 0 Å². The van der Waals surface area contributed by atoms with Gasteiger partial charge in [-0.3, -0.25) is 0 Å². The van der Waals surface area contributed by atoms with Crippen LogP contribution in [0.4, 0.5) is 4.39 Å². The molecule has 0 saturated heterocycles. The Morgan fingerprint density at radius 2 is 2.11 bits per heavy atom. The zero-order valence-corrected chi connectivity index (χ0v) is 4.74. The first-order valence-corrected chi connectivity index (χ1v) is 2.49. The van der Waals surface area contributed by atoms with E-state index in [2.05, 4.69) is 6.07 Å². The van der Waals surface area contributed by atoms with Crippen LogP contribution in [0, 0.1) is 11.9 Å². The molecular weight excluding hydrogens is 133 g/mol. The Morgan fingerprint density at radius 1 is 1.44 bits per heavy atom. The summed E-state index contributed by atoms with van der Waals surface area (Å²) >= 11 is 5.41. The molecule has 0 nitrogen and oxygen atoms in total. The molecule has 1 radical (unpaired) electrons. The Hall–Kier alpha value is 0.0374. The normalized spacial score (nSPS) is 8.22. The molecule has 0 bridgehead atoms. The summed E-state index contributed by atoms with van der Waals surface area (Å²) in [5.41, 5.74) is 0. The van der Waals surface area contributed by atoms with E-state index in [4.69, 9.17) is 11.6 Å². The van der Waals surface area contributed by atoms with Gasteiger partial charge in [0.25, 0.3) is 0 Å². The van der Waals surface area contributed by atoms with E-state index in [-0.39, 0.29) is 24.7 Å². The van der Waals surface area contributed by atoms with Crippen LogP contribution in [0.5, 0.6) is 0 Å². The van der Waals surface area contributed by atoms with Gasteiger partial charge < -0.3 is 0 Å². The van der Waals surface area contributed by atoms with Crippen LogP contribution < -0.4 is 0 Å². The summed E-state index contributed by atoms with van der Waals surface area (Å²) in [7, 11) is 0. The monoisotopic (exact) mass is 137 g/mol. The van der Waals surface area contributed by atoms with E-state index in [1.54, 1.807) is 0 Å². The minimum atomic E-state index is -0.380. The third-order valence-electron chi connectivity index (χ3n) is 0.737. The maximum atomic E-state index is 12.0. The molecule has 0 aliphatic heterocycles. The van der Waals surface area contributed by atoms with Crippen LogP contribution in [0.25, 0.3) is 0 Å². The van der Waals surface area contributed by atoms with E-state index in [0.717, 1.165) is 0 Å². The molecule has 0 saturated carbocycles. The van der Waals surface area contributed by atoms with Crippen molar-refractivity contribution in [1.82, 2.24) is 0 Å². The molecule has 0 unspecified atom stereocenters. The van der Waals surface area contributed by atoms with E-state index >= 15 is 0 Å². The van der Waals surface area contributed by atoms with Crippen LogP contribution in [0.15, 0.2) is 18.2 Å². The fourth-order valence-electron chi connectivity index (χ4n) is 0.387. The average Bonchev–Trinajstić information content (AvgIpc) is 1.77. The van der Waals surface area contributed by atoms with Crippen molar-refractivity contribution in [3.05, 3.63) is 35.1 Å². The van der Waals surface area contributed by atoms with E-state index in [0.29, 0.717) is 5.02 Å². The standard InChI is InChI=1S/C6H3ClF.Li.H/c7-5-1-3-6(8)4-2-5;;/h1-3H;;. The minimum absolute atomic E-state index is 0. The topological polar surface area (TPSA) is 0 Å². The van der Waals surface area contributed by atoms with Crippen molar-refractivity contribution in [2.75, 3.05) is 0 Å². The summed E-state index contributed by atoms with van der Waals surface area (Å²) in [6.07, 6.45) is 0. The van der Waals surface area contributed by atoms with Gasteiger partial charge in [-0.1, -0.05) is 11.6 Å². The number of hydrogen-bond donors (Lipinski definition) is 0. The van der Waals surface area contributed by atoms with Crippen molar-refractivity contribution in [2.45, 2.75) is 0 Å². The Morgan fingerprint density at radius 3 is 2.44 bits per heavy atom. The van der Waals surface area contributed by atoms with Gasteiger partial charge in [0, 0.05) is 11.1 Å². The summed E-state index contributed by atoms with van der Waals surface area (Å²) in [6, 6.07) is 6.43. The Bertz CT molecular complexity index is 152. The third-order valence-corrected chi connectivity index (χ3v) is 0.972. The fraction of sp³-hybridized carbons (Fsp3) is 0. The zero-order chi connectivity index (χ0) is 5.98. The molecular formula is C6H4ClFLi. The molecule has 43 valence electrons. The van der Waals surface area contributed by atoms with Crippen LogP contribution in [-0.2, 0) is 0 Å². The van der Waals surface area contributed by atoms with Crippen molar-refractivity contribution in [1.29, 1.82) is 0 Å². The second-order valence-corrected chi connectivity index (χ2v) is 1.79. The molecule has 0 amide bonds. The predicted octanol–water partition coefficient (Wildman–Crippen LogP) is 1.63. The van der Waals surface area contributed by atoms with Gasteiger partial charge >= 0.3 is 18.9 Å². The van der Waals surface area contributed by atoms with Gasteiger partial charge in [0.05, 0.1) is 0 Å². The first kappa shape index (κ1) is 9.04. The molecule has 1 aromatic carbocycles. The summed E-state index contributed by atoms with van der Waals surface area (Å²) < 4.78 is 12.0. The van der Waals surface area contributed by atoms with Crippen molar-refractivity contribution in [3.63, 3.8) is 0 Å². The number of benzene rings is 1. The number of rotatable bonds is 0. The van der Waals surface area contributed by atoms with Crippen molar-refractivity contribution < 1.29 is 4.39 Å². The van der Waals surface area contributed by atoms with Crippen LogP contribution in [0.3, 0.4) is 0 Å². The molecule has 0 atom stereocenters. The summed E-state index contributed by atoms with van der Waals surface area (Å²) in [5.74, 6) is -0.380. The zero-order valence-electron chi connectivity index (χ0n) is 3.99. The number of hydrogen-bond acceptors (Lipinski definition) is 0. The van der Waals surface area contributed by atoms with Gasteiger partial charge in [-0.05, 0) is 18.2 Å². The van der Waals surface area contributed by atoms with Crippen molar-refractivity contribution in [2.24, 2.45) is 0 Å². The second-order valence-electron chi connectivity index (χ2n) is 1.35. The second kappa shape index (κ2) is 3.95. The first-order chi connectivity index (χ1) is 3.79. The Kier molecular flexibility index (Phi) is 3.97. The Labute approximate surface area is 70.2 Å². The van der Waals surface area contributed by atoms with E-state index < -0.39 is 0 Å². The Balaban J connectivity index is 0.000000640. The van der Waals surface area contributed by atoms with Gasteiger partial charge in [0.15, 0.2) is 0 Å². The molecule has 3 heteroatoms. The van der Waals surface area contributed by atoms with Crippen molar-refractivity contribution >= 4 is 30.5 Å². The average molecular weight is 137 g/mol. The van der Waals surface area contributed by atoms with Crippen LogP contribution >= 0.6 is 11.6 Å². The molecule has 1 aromatic rings. The van der Waals surface area contributed by atoms with Crippen LogP contribution in [0.1, 0.15) is 0 Å². The summed E-state index contributed by atoms with van der Waals surface area (Å²) in [4.78, 5) is 0. The van der Waals surface area contributed by atoms with Gasteiger partial charge in [-0.25, -0.2) is 4.39 Å². The third kappa shape index (κ3) is 2.91. The molecule has 0 spiro atoms. The number of halogens is 2. The summed E-state index contributed by atoms with van der Waals surface area (Å²) in [6.45, 7) is 0. The molecule has 0 heterocycles. The first-order valence-electron chi connectivity index (χ1n) is 2.12. The fourth-order valence-corrected chi connectivity index (χ4v) is 0.504. The summed E-state index contributed by atoms with van der Waals surface area (Å²) in [5, 5.41) is 0.506. The van der Waals surface area contributed by atoms with Crippen molar-refractivity contribution in [3.8, 4) is 0 Å². The van der Waals surface area contributed by atoms with Crippen LogP contribution in [0.2, 0.25) is 5.02 Å². The van der Waals surface area contributed by atoms with E-state index in [1.807, 2.05) is 0 Å². The molecule has 0 N–H and O–H groups in total. The molecule has 9 heavy (non-hydrogen) atoms. The molecule has 1 rings (SSSR count). The molecule has 0 aromatic heterocycles. The van der Waals surface area contributed by atoms with Crippen LogP contribution in [-0.4, -0.2) is 18.9 Å².